The van der Waals surface area contributed by atoms with Crippen molar-refractivity contribution in [3.05, 3.63) is 48.2 Å². The summed E-state index contributed by atoms with van der Waals surface area (Å²) in [5, 5.41) is 16.8. The van der Waals surface area contributed by atoms with Gasteiger partial charge >= 0.3 is 0 Å². The minimum absolute atomic E-state index is 0.197. The van der Waals surface area contributed by atoms with E-state index in [1.54, 1.807) is 12.3 Å². The molecule has 208 valence electrons. The molecule has 4 aliphatic rings. The van der Waals surface area contributed by atoms with Crippen molar-refractivity contribution in [1.82, 2.24) is 30.3 Å². The second kappa shape index (κ2) is 9.83. The molecule has 10 heteroatoms. The van der Waals surface area contributed by atoms with Crippen molar-refractivity contribution in [1.29, 1.82) is 0 Å². The monoisotopic (exact) mass is 543 g/mol. The van der Waals surface area contributed by atoms with Crippen molar-refractivity contribution < 1.29 is 13.9 Å². The molecule has 1 atom stereocenters. The highest BCUT2D eigenvalue weighted by molar-refractivity contribution is 5.84. The zero-order chi connectivity index (χ0) is 27.4. The summed E-state index contributed by atoms with van der Waals surface area (Å²) >= 11 is 0. The van der Waals surface area contributed by atoms with Crippen LogP contribution in [0.3, 0.4) is 0 Å². The molecule has 2 aliphatic carbocycles. The molecule has 0 N–H and O–H groups in total. The summed E-state index contributed by atoms with van der Waals surface area (Å²) in [7, 11) is 0. The van der Waals surface area contributed by atoms with Crippen molar-refractivity contribution in [2.45, 2.75) is 57.9 Å². The van der Waals surface area contributed by atoms with Crippen molar-refractivity contribution in [2.75, 3.05) is 31.1 Å². The Morgan fingerprint density at radius 2 is 1.90 bits per heavy atom. The number of anilines is 1. The van der Waals surface area contributed by atoms with Crippen LogP contribution in [0, 0.1) is 23.1 Å². The molecule has 4 fully saturated rings. The van der Waals surface area contributed by atoms with Gasteiger partial charge in [0.05, 0.1) is 0 Å². The number of halogens is 1. The Balaban J connectivity index is 1.10. The zero-order valence-corrected chi connectivity index (χ0v) is 23.0. The lowest BCUT2D eigenvalue weighted by molar-refractivity contribution is -0.133. The van der Waals surface area contributed by atoms with E-state index < -0.39 is 0 Å². The molecule has 0 radical (unpaired) electrons. The van der Waals surface area contributed by atoms with Gasteiger partial charge in [0.25, 0.3) is 5.88 Å². The summed E-state index contributed by atoms with van der Waals surface area (Å²) in [5.41, 5.74) is 2.45. The second-order valence-electron chi connectivity index (χ2n) is 12.5. The number of Topliss-reactive ketones (excluding diaryl/α,β-unsaturated/α-hetero) is 1. The van der Waals surface area contributed by atoms with Gasteiger partial charge in [0.1, 0.15) is 29.4 Å². The maximum Gasteiger partial charge on any atom is 0.282 e. The predicted octanol–water partition coefficient (Wildman–Crippen LogP) is 4.65. The molecule has 0 bridgehead atoms. The Morgan fingerprint density at radius 1 is 1.07 bits per heavy atom. The Morgan fingerprint density at radius 3 is 2.65 bits per heavy atom. The van der Waals surface area contributed by atoms with E-state index in [4.69, 9.17) is 4.74 Å². The normalized spacial score (nSPS) is 21.5. The molecule has 7 rings (SSSR count). The molecular weight excluding hydrogens is 509 g/mol. The molecule has 4 heterocycles. The molecule has 9 nitrogen and oxygen atoms in total. The first-order valence-electron chi connectivity index (χ1n) is 14.4. The first-order valence-corrected chi connectivity index (χ1v) is 14.4. The van der Waals surface area contributed by atoms with Crippen LogP contribution in [-0.2, 0) is 4.79 Å². The number of carbonyl (C=O) groups excluding carboxylic acids is 1. The molecule has 2 saturated heterocycles. The summed E-state index contributed by atoms with van der Waals surface area (Å²) < 4.78 is 20.8. The predicted molar refractivity (Wildman–Crippen MR) is 146 cm³/mol. The molecule has 1 aromatic carbocycles. The number of ether oxygens (including phenoxy) is 1. The molecule has 40 heavy (non-hydrogen) atoms. The number of benzene rings is 1. The number of hydrogen-bond donors (Lipinski definition) is 0. The van der Waals surface area contributed by atoms with Crippen LogP contribution in [0.1, 0.15) is 57.4 Å². The van der Waals surface area contributed by atoms with Crippen LogP contribution in [0.5, 0.6) is 11.6 Å². The minimum atomic E-state index is -0.366. The van der Waals surface area contributed by atoms with Gasteiger partial charge in [0.15, 0.2) is 5.82 Å². The SMILES string of the molecule is CC(C)[C@H](C1CC(=O)C1)N1CC2(CCN(c3ncnnc3Oc3ccc(F)cc3-c3nnccc3C3CC3)C2)C1. The van der Waals surface area contributed by atoms with Crippen LogP contribution in [0.2, 0.25) is 0 Å². The fourth-order valence-electron chi connectivity index (χ4n) is 7.13. The quantitative estimate of drug-likeness (QED) is 0.402. The van der Waals surface area contributed by atoms with E-state index in [0.717, 1.165) is 63.8 Å². The zero-order valence-electron chi connectivity index (χ0n) is 23.0. The number of aromatic nitrogens is 5. The summed E-state index contributed by atoms with van der Waals surface area (Å²) in [5.74, 6) is 2.86. The van der Waals surface area contributed by atoms with E-state index >= 15 is 0 Å². The Kier molecular flexibility index (Phi) is 6.25. The molecule has 2 aliphatic heterocycles. The highest BCUT2D eigenvalue weighted by Crippen LogP contribution is 2.48. The molecule has 2 aromatic heterocycles. The average molecular weight is 544 g/mol. The smallest absolute Gasteiger partial charge is 0.282 e. The van der Waals surface area contributed by atoms with Crippen LogP contribution in [0.25, 0.3) is 11.3 Å². The number of rotatable bonds is 8. The molecule has 0 unspecified atom stereocenters. The van der Waals surface area contributed by atoms with Gasteiger partial charge in [0, 0.05) is 62.2 Å². The van der Waals surface area contributed by atoms with Gasteiger partial charge in [0.2, 0.25) is 0 Å². The number of carbonyl (C=O) groups is 1. The van der Waals surface area contributed by atoms with E-state index in [9.17, 15) is 9.18 Å². The summed E-state index contributed by atoms with van der Waals surface area (Å²) in [4.78, 5) is 21.1. The van der Waals surface area contributed by atoms with Crippen LogP contribution in [0.15, 0.2) is 36.8 Å². The fourth-order valence-corrected chi connectivity index (χ4v) is 7.13. The second-order valence-corrected chi connectivity index (χ2v) is 12.5. The highest BCUT2D eigenvalue weighted by atomic mass is 19.1. The van der Waals surface area contributed by atoms with Gasteiger partial charge in [-0.3, -0.25) is 9.69 Å². The third-order valence-electron chi connectivity index (χ3n) is 9.13. The number of nitrogens with zero attached hydrogens (tertiary/aromatic N) is 7. The van der Waals surface area contributed by atoms with Crippen molar-refractivity contribution >= 4 is 11.6 Å². The first kappa shape index (κ1) is 25.4. The maximum absolute atomic E-state index is 14.4. The largest absolute Gasteiger partial charge is 0.434 e. The number of ketones is 1. The summed E-state index contributed by atoms with van der Waals surface area (Å²) in [6, 6.07) is 6.87. The van der Waals surface area contributed by atoms with E-state index in [-0.39, 0.29) is 11.2 Å². The third-order valence-corrected chi connectivity index (χ3v) is 9.13. The minimum Gasteiger partial charge on any atom is -0.434 e. The van der Waals surface area contributed by atoms with E-state index in [1.165, 1.54) is 18.5 Å². The van der Waals surface area contributed by atoms with Gasteiger partial charge in [-0.1, -0.05) is 13.8 Å². The number of likely N-dealkylation sites (tertiary alicyclic amines) is 1. The topological polar surface area (TPSA) is 97.2 Å². The summed E-state index contributed by atoms with van der Waals surface area (Å²) in [6.07, 6.45) is 7.83. The van der Waals surface area contributed by atoms with Gasteiger partial charge < -0.3 is 9.64 Å². The molecule has 0 amide bonds. The van der Waals surface area contributed by atoms with Crippen LogP contribution in [-0.4, -0.2) is 68.3 Å². The lowest BCUT2D eigenvalue weighted by Gasteiger charge is -2.55. The fraction of sp³-hybridized carbons (Fsp3) is 0.533. The molecule has 1 spiro atoms. The lowest BCUT2D eigenvalue weighted by Crippen LogP contribution is -2.64. The lowest BCUT2D eigenvalue weighted by atomic mass is 9.70. The third kappa shape index (κ3) is 4.62. The maximum atomic E-state index is 14.4. The van der Waals surface area contributed by atoms with Gasteiger partial charge in [-0.25, -0.2) is 9.37 Å². The van der Waals surface area contributed by atoms with Crippen LogP contribution in [0.4, 0.5) is 10.2 Å². The van der Waals surface area contributed by atoms with Crippen LogP contribution < -0.4 is 9.64 Å². The summed E-state index contributed by atoms with van der Waals surface area (Å²) in [6.45, 7) is 8.32. The Bertz CT molecular complexity index is 1430. The van der Waals surface area contributed by atoms with Crippen molar-refractivity contribution in [3.63, 3.8) is 0 Å². The van der Waals surface area contributed by atoms with Crippen molar-refractivity contribution in [2.24, 2.45) is 17.3 Å². The van der Waals surface area contributed by atoms with Crippen molar-refractivity contribution in [3.8, 4) is 22.9 Å². The van der Waals surface area contributed by atoms with Gasteiger partial charge in [-0.15, -0.1) is 10.2 Å². The first-order chi connectivity index (χ1) is 19.4. The molecule has 2 saturated carbocycles. The Hall–Kier alpha value is -3.53. The van der Waals surface area contributed by atoms with Gasteiger partial charge in [-0.2, -0.15) is 10.2 Å². The molecule has 3 aromatic rings. The van der Waals surface area contributed by atoms with E-state index in [0.29, 0.717) is 58.3 Å². The average Bonchev–Trinajstić information content (AvgIpc) is 3.67. The number of hydrogen-bond acceptors (Lipinski definition) is 9. The molecular formula is C30H34FN7O2. The standard InChI is InChI=1S/C30H34FN7O2/c1-18(2)27(20-11-22(39)12-20)38-15-30(16-38)8-10-37(14-30)28-29(36-34-17-32-28)40-25-6-5-21(31)13-24(25)26-23(19-3-4-19)7-9-33-35-26/h5-7,9,13,17-20,27H,3-4,8,10-12,14-16H2,1-2H3/t27-/m1/s1. The van der Waals surface area contributed by atoms with Gasteiger partial charge in [-0.05, 0) is 66.8 Å². The Labute approximate surface area is 233 Å². The van der Waals surface area contributed by atoms with E-state index in [1.807, 2.05) is 6.07 Å². The highest BCUT2D eigenvalue weighted by Gasteiger charge is 2.52. The van der Waals surface area contributed by atoms with Crippen LogP contribution >= 0.6 is 0 Å². The van der Waals surface area contributed by atoms with E-state index in [2.05, 4.69) is 49.0 Å².